The summed E-state index contributed by atoms with van der Waals surface area (Å²) in [5.41, 5.74) is 3.71. The van der Waals surface area contributed by atoms with Gasteiger partial charge in [-0.1, -0.05) is 42.0 Å². The van der Waals surface area contributed by atoms with Gasteiger partial charge in [0.15, 0.2) is 0 Å². The summed E-state index contributed by atoms with van der Waals surface area (Å²) in [7, 11) is -3.83. The average Bonchev–Trinajstić information content (AvgIpc) is 3.31. The lowest BCUT2D eigenvalue weighted by Crippen LogP contribution is -2.29. The molecule has 0 unspecified atom stereocenters. The fourth-order valence-corrected chi connectivity index (χ4v) is 6.16. The van der Waals surface area contributed by atoms with Gasteiger partial charge in [0.1, 0.15) is 0 Å². The summed E-state index contributed by atoms with van der Waals surface area (Å²) >= 11 is 6.15. The molecular weight excluding hydrogens is 474 g/mol. The number of nitrogens with one attached hydrogen (secondary N) is 2. The van der Waals surface area contributed by atoms with E-state index in [1.807, 2.05) is 6.07 Å². The van der Waals surface area contributed by atoms with Crippen LogP contribution >= 0.6 is 11.6 Å². The second-order valence-corrected chi connectivity index (χ2v) is 10.7. The second kappa shape index (κ2) is 8.45. The van der Waals surface area contributed by atoms with Crippen molar-refractivity contribution in [2.45, 2.75) is 30.2 Å². The zero-order valence-corrected chi connectivity index (χ0v) is 19.8. The maximum absolute atomic E-state index is 13.2. The van der Waals surface area contributed by atoms with Crippen molar-refractivity contribution in [1.82, 2.24) is 0 Å². The Balaban J connectivity index is 1.50. The molecule has 3 aromatic rings. The van der Waals surface area contributed by atoms with Crippen molar-refractivity contribution in [3.05, 3.63) is 105 Å². The number of fused-ring (bicyclic) bond motifs is 3. The molecule has 1 aliphatic heterocycles. The predicted molar refractivity (Wildman–Crippen MR) is 133 cm³/mol. The van der Waals surface area contributed by atoms with E-state index in [2.05, 4.69) is 22.2 Å². The van der Waals surface area contributed by atoms with Crippen LogP contribution in [0.25, 0.3) is 0 Å². The highest BCUT2D eigenvalue weighted by molar-refractivity contribution is 7.92. The SMILES string of the molecule is Cc1c(Cl)cccc1NS(=O)(=O)c1ccc2c(c1)[C@H]1C=CC[C@H]1[C@@H](c1cccc([N+](=O)[O-])c1)N2. The lowest BCUT2D eigenvalue weighted by atomic mass is 9.77. The smallest absolute Gasteiger partial charge is 0.269 e. The third kappa shape index (κ3) is 3.93. The Morgan fingerprint density at radius 2 is 1.91 bits per heavy atom. The van der Waals surface area contributed by atoms with Gasteiger partial charge in [-0.15, -0.1) is 0 Å². The summed E-state index contributed by atoms with van der Waals surface area (Å²) < 4.78 is 29.0. The molecule has 7 nitrogen and oxygen atoms in total. The minimum absolute atomic E-state index is 0.00330. The van der Waals surface area contributed by atoms with Crippen molar-refractivity contribution >= 4 is 38.7 Å². The first-order valence-corrected chi connectivity index (χ1v) is 12.7. The summed E-state index contributed by atoms with van der Waals surface area (Å²) in [4.78, 5) is 11.0. The van der Waals surface area contributed by atoms with Crippen molar-refractivity contribution < 1.29 is 13.3 Å². The van der Waals surface area contributed by atoms with Crippen molar-refractivity contribution in [1.29, 1.82) is 0 Å². The Morgan fingerprint density at radius 1 is 1.12 bits per heavy atom. The summed E-state index contributed by atoms with van der Waals surface area (Å²) in [5, 5.41) is 15.3. The normalized spacial score (nSPS) is 20.8. The summed E-state index contributed by atoms with van der Waals surface area (Å²) in [6, 6.07) is 16.7. The molecule has 0 saturated carbocycles. The Bertz CT molecular complexity index is 1440. The van der Waals surface area contributed by atoms with Crippen molar-refractivity contribution in [3.63, 3.8) is 0 Å². The monoisotopic (exact) mass is 495 g/mol. The van der Waals surface area contributed by atoms with Gasteiger partial charge in [-0.25, -0.2) is 8.42 Å². The molecule has 0 radical (unpaired) electrons. The van der Waals surface area contributed by atoms with Gasteiger partial charge in [-0.05, 0) is 66.3 Å². The van der Waals surface area contributed by atoms with E-state index in [9.17, 15) is 18.5 Å². The van der Waals surface area contributed by atoms with Crippen LogP contribution in [0.2, 0.25) is 5.02 Å². The number of hydrogen-bond donors (Lipinski definition) is 2. The number of non-ortho nitro benzene ring substituents is 1. The van der Waals surface area contributed by atoms with Gasteiger partial charge in [0.2, 0.25) is 0 Å². The topological polar surface area (TPSA) is 101 Å². The van der Waals surface area contributed by atoms with Crippen molar-refractivity contribution in [3.8, 4) is 0 Å². The van der Waals surface area contributed by atoms with Crippen LogP contribution in [0.4, 0.5) is 17.1 Å². The zero-order chi connectivity index (χ0) is 24.0. The Morgan fingerprint density at radius 3 is 2.71 bits per heavy atom. The first kappa shape index (κ1) is 22.4. The van der Waals surface area contributed by atoms with E-state index in [1.165, 1.54) is 6.07 Å². The molecule has 3 atom stereocenters. The number of nitro groups is 1. The molecule has 5 rings (SSSR count). The van der Waals surface area contributed by atoms with Crippen LogP contribution in [-0.2, 0) is 10.0 Å². The van der Waals surface area contributed by atoms with E-state index < -0.39 is 14.9 Å². The van der Waals surface area contributed by atoms with Gasteiger partial charge in [0.05, 0.1) is 21.5 Å². The molecule has 174 valence electrons. The minimum Gasteiger partial charge on any atom is -0.378 e. The maximum atomic E-state index is 13.2. The largest absolute Gasteiger partial charge is 0.378 e. The lowest BCUT2D eigenvalue weighted by Gasteiger charge is -2.37. The van der Waals surface area contributed by atoms with Crippen molar-refractivity contribution in [2.24, 2.45) is 5.92 Å². The zero-order valence-electron chi connectivity index (χ0n) is 18.2. The van der Waals surface area contributed by atoms with E-state index in [-0.39, 0.29) is 28.5 Å². The summed E-state index contributed by atoms with van der Waals surface area (Å²) in [6.45, 7) is 1.76. The number of rotatable bonds is 5. The molecule has 34 heavy (non-hydrogen) atoms. The molecule has 3 aromatic carbocycles. The number of nitrogens with zero attached hydrogens (tertiary/aromatic N) is 1. The maximum Gasteiger partial charge on any atom is 0.269 e. The van der Waals surface area contributed by atoms with E-state index >= 15 is 0 Å². The van der Waals surface area contributed by atoms with Crippen LogP contribution in [0, 0.1) is 23.0 Å². The lowest BCUT2D eigenvalue weighted by molar-refractivity contribution is -0.384. The number of allylic oxidation sites excluding steroid dienone is 2. The highest BCUT2D eigenvalue weighted by atomic mass is 35.5. The molecule has 0 fully saturated rings. The van der Waals surface area contributed by atoms with Gasteiger partial charge in [0.25, 0.3) is 15.7 Å². The molecule has 0 spiro atoms. The molecule has 1 aliphatic carbocycles. The van der Waals surface area contributed by atoms with E-state index in [0.717, 1.165) is 23.2 Å². The summed E-state index contributed by atoms with van der Waals surface area (Å²) in [6.07, 6.45) is 4.98. The molecular formula is C25H22ClN3O4S. The number of halogens is 1. The highest BCUT2D eigenvalue weighted by Crippen LogP contribution is 2.50. The van der Waals surface area contributed by atoms with Crippen LogP contribution in [0.1, 0.15) is 35.1 Å². The van der Waals surface area contributed by atoms with Crippen molar-refractivity contribution in [2.75, 3.05) is 10.0 Å². The third-order valence-corrected chi connectivity index (χ3v) is 8.37. The number of anilines is 2. The Labute approximate surface area is 202 Å². The van der Waals surface area contributed by atoms with E-state index in [4.69, 9.17) is 11.6 Å². The molecule has 0 bridgehead atoms. The van der Waals surface area contributed by atoms with Crippen LogP contribution in [0.5, 0.6) is 0 Å². The predicted octanol–water partition coefficient (Wildman–Crippen LogP) is 6.18. The first-order valence-electron chi connectivity index (χ1n) is 10.8. The summed E-state index contributed by atoms with van der Waals surface area (Å²) in [5.74, 6) is 0.124. The molecule has 2 aliphatic rings. The van der Waals surface area contributed by atoms with Crippen LogP contribution in [0.3, 0.4) is 0 Å². The molecule has 2 N–H and O–H groups in total. The number of benzene rings is 3. The fourth-order valence-electron chi connectivity index (χ4n) is 4.82. The highest BCUT2D eigenvalue weighted by Gasteiger charge is 2.38. The fraction of sp³-hybridized carbons (Fsp3) is 0.200. The van der Waals surface area contributed by atoms with Crippen LogP contribution < -0.4 is 10.0 Å². The van der Waals surface area contributed by atoms with Gasteiger partial charge < -0.3 is 5.32 Å². The number of hydrogen-bond acceptors (Lipinski definition) is 5. The number of nitro benzene ring substituents is 1. The van der Waals surface area contributed by atoms with Gasteiger partial charge >= 0.3 is 0 Å². The third-order valence-electron chi connectivity index (χ3n) is 6.60. The molecule has 9 heteroatoms. The quantitative estimate of drug-likeness (QED) is 0.250. The molecule has 1 heterocycles. The van der Waals surface area contributed by atoms with Gasteiger partial charge in [0, 0.05) is 28.8 Å². The van der Waals surface area contributed by atoms with Crippen LogP contribution in [-0.4, -0.2) is 13.3 Å². The Kier molecular flexibility index (Phi) is 5.58. The second-order valence-electron chi connectivity index (χ2n) is 8.59. The van der Waals surface area contributed by atoms with E-state index in [1.54, 1.807) is 55.5 Å². The standard InChI is InChI=1S/C25H22ClN3O4S/c1-15-22(26)9-4-10-23(15)28-34(32,33)18-11-12-24-21(14-18)19-7-3-8-20(19)25(27-24)16-5-2-6-17(13-16)29(30)31/h2-7,9-14,19-20,25,27-28H,8H2,1H3/t19-,20+,25+/m0/s1. The van der Waals surface area contributed by atoms with Gasteiger partial charge in [-0.3, -0.25) is 14.8 Å². The molecule has 0 saturated heterocycles. The van der Waals surface area contributed by atoms with Crippen LogP contribution in [0.15, 0.2) is 77.7 Å². The minimum atomic E-state index is -3.83. The first-order chi connectivity index (χ1) is 16.2. The molecule has 0 aromatic heterocycles. The van der Waals surface area contributed by atoms with Gasteiger partial charge in [-0.2, -0.15) is 0 Å². The average molecular weight is 496 g/mol. The molecule has 0 amide bonds. The van der Waals surface area contributed by atoms with E-state index in [0.29, 0.717) is 16.3 Å². The Hall–Kier alpha value is -3.36. The number of sulfonamides is 1.